The third-order valence-electron chi connectivity index (χ3n) is 5.67. The summed E-state index contributed by atoms with van der Waals surface area (Å²) < 4.78 is 44.4. The van der Waals surface area contributed by atoms with Gasteiger partial charge < -0.3 is 22.0 Å². The minimum Gasteiger partial charge on any atom is -0.497 e. The highest BCUT2D eigenvalue weighted by Gasteiger charge is 2.50. The predicted molar refractivity (Wildman–Crippen MR) is 137 cm³/mol. The molecule has 0 saturated heterocycles. The summed E-state index contributed by atoms with van der Waals surface area (Å²) in [6.45, 7) is 2.38. The van der Waals surface area contributed by atoms with Crippen molar-refractivity contribution in [1.29, 1.82) is 0 Å². The summed E-state index contributed by atoms with van der Waals surface area (Å²) in [5.74, 6) is 0.893. The first-order chi connectivity index (χ1) is 16.3. The smallest absolute Gasteiger partial charge is 0.497 e. The van der Waals surface area contributed by atoms with E-state index in [-0.39, 0.29) is 0 Å². The number of hydrogen-bond donors (Lipinski definition) is 0. The normalized spacial score (nSPS) is 12.3. The van der Waals surface area contributed by atoms with Crippen LogP contribution < -0.4 is 20.7 Å². The molecular weight excluding hydrogens is 458 g/mol. The monoisotopic (exact) mass is 484 g/mol. The van der Waals surface area contributed by atoms with Crippen LogP contribution in [0.15, 0.2) is 115 Å². The van der Waals surface area contributed by atoms with E-state index in [0.717, 1.165) is 5.75 Å². The average Bonchev–Trinajstić information content (AvgIpc) is 2.85. The lowest BCUT2D eigenvalue weighted by Gasteiger charge is -2.33. The molecule has 0 aromatic heterocycles. The SMILES string of the molecule is COc1ccc(C(C)[P+](c2ccccc2)(c2ccccc2)c2ccccc2)cc1.F[B-](F)(F)F. The van der Waals surface area contributed by atoms with E-state index in [1.165, 1.54) is 21.5 Å². The Morgan fingerprint density at radius 2 is 0.912 bits per heavy atom. The highest BCUT2D eigenvalue weighted by Crippen LogP contribution is 2.66. The molecule has 1 nitrogen and oxygen atoms in total. The molecule has 0 heterocycles. The van der Waals surface area contributed by atoms with E-state index >= 15 is 0 Å². The van der Waals surface area contributed by atoms with Crippen molar-refractivity contribution in [2.24, 2.45) is 0 Å². The molecule has 0 saturated carbocycles. The van der Waals surface area contributed by atoms with Gasteiger partial charge in [0.1, 0.15) is 34.6 Å². The Kier molecular flexibility index (Phi) is 8.52. The molecule has 0 amide bonds. The molecule has 1 atom stereocenters. The molecule has 0 aliphatic carbocycles. The van der Waals surface area contributed by atoms with Crippen LogP contribution in [0.25, 0.3) is 0 Å². The summed E-state index contributed by atoms with van der Waals surface area (Å²) in [4.78, 5) is 0. The maximum Gasteiger partial charge on any atom is 0.673 e. The molecule has 0 spiro atoms. The summed E-state index contributed by atoms with van der Waals surface area (Å²) in [5, 5.41) is 4.21. The number of methoxy groups -OCH3 is 1. The second kappa shape index (κ2) is 11.3. The van der Waals surface area contributed by atoms with Crippen LogP contribution in [0.1, 0.15) is 18.1 Å². The molecule has 1 unspecified atom stereocenters. The fourth-order valence-corrected chi connectivity index (χ4v) is 9.00. The van der Waals surface area contributed by atoms with E-state index in [4.69, 9.17) is 4.74 Å². The van der Waals surface area contributed by atoms with E-state index in [1.54, 1.807) is 7.11 Å². The molecule has 0 N–H and O–H groups in total. The Morgan fingerprint density at radius 3 is 1.21 bits per heavy atom. The third kappa shape index (κ3) is 6.06. The first-order valence-electron chi connectivity index (χ1n) is 10.8. The van der Waals surface area contributed by atoms with E-state index < -0.39 is 14.5 Å². The van der Waals surface area contributed by atoms with Crippen LogP contribution in [0.4, 0.5) is 17.3 Å². The van der Waals surface area contributed by atoms with Crippen LogP contribution in [0.3, 0.4) is 0 Å². The Hall–Kier alpha value is -3.11. The van der Waals surface area contributed by atoms with Crippen LogP contribution in [-0.2, 0) is 0 Å². The summed E-state index contributed by atoms with van der Waals surface area (Å²) in [6, 6.07) is 41.7. The number of benzene rings is 4. The van der Waals surface area contributed by atoms with Gasteiger partial charge in [0.05, 0.1) is 7.11 Å². The van der Waals surface area contributed by atoms with Gasteiger partial charge in [-0.2, -0.15) is 0 Å². The van der Waals surface area contributed by atoms with Crippen LogP contribution in [-0.4, -0.2) is 14.4 Å². The van der Waals surface area contributed by atoms with Crippen molar-refractivity contribution >= 4 is 30.4 Å². The lowest BCUT2D eigenvalue weighted by Crippen LogP contribution is -2.34. The summed E-state index contributed by atoms with van der Waals surface area (Å²) >= 11 is 0. The average molecular weight is 484 g/mol. The van der Waals surface area contributed by atoms with Crippen LogP contribution in [0, 0.1) is 0 Å². The fourth-order valence-electron chi connectivity index (χ4n) is 4.21. The molecule has 0 radical (unpaired) electrons. The van der Waals surface area contributed by atoms with Gasteiger partial charge in [-0.3, -0.25) is 0 Å². The number of rotatable bonds is 6. The lowest BCUT2D eigenvalue weighted by molar-refractivity contribution is 0.368. The largest absolute Gasteiger partial charge is 0.673 e. The Balaban J connectivity index is 0.000000588. The summed E-state index contributed by atoms with van der Waals surface area (Å²) in [7, 11) is -6.21. The Morgan fingerprint density at radius 1 is 0.588 bits per heavy atom. The molecule has 7 heteroatoms. The van der Waals surface area contributed by atoms with E-state index in [1.807, 2.05) is 0 Å². The van der Waals surface area contributed by atoms with Gasteiger partial charge in [0.2, 0.25) is 0 Å². The van der Waals surface area contributed by atoms with E-state index in [0.29, 0.717) is 5.66 Å². The quantitative estimate of drug-likeness (QED) is 0.162. The summed E-state index contributed by atoms with van der Waals surface area (Å²) in [5.41, 5.74) is 1.65. The predicted octanol–water partition coefficient (Wildman–Crippen LogP) is 7.05. The van der Waals surface area contributed by atoms with Gasteiger partial charge in [-0.05, 0) is 61.0 Å². The zero-order valence-electron chi connectivity index (χ0n) is 19.0. The number of halogens is 4. The molecular formula is C27H26BF4OP. The van der Waals surface area contributed by atoms with Gasteiger partial charge in [-0.25, -0.2) is 0 Å². The van der Waals surface area contributed by atoms with Gasteiger partial charge in [-0.15, -0.1) is 0 Å². The van der Waals surface area contributed by atoms with Crippen LogP contribution in [0.2, 0.25) is 0 Å². The zero-order valence-corrected chi connectivity index (χ0v) is 19.9. The minimum atomic E-state index is -6.00. The molecule has 4 aromatic carbocycles. The van der Waals surface area contributed by atoms with Crippen molar-refractivity contribution in [2.75, 3.05) is 7.11 Å². The highest BCUT2D eigenvalue weighted by molar-refractivity contribution is 7.95. The van der Waals surface area contributed by atoms with Gasteiger partial charge in [0.15, 0.2) is 0 Å². The topological polar surface area (TPSA) is 9.23 Å². The maximum atomic E-state index is 9.75. The van der Waals surface area contributed by atoms with Gasteiger partial charge >= 0.3 is 7.25 Å². The van der Waals surface area contributed by atoms with Gasteiger partial charge in [0, 0.05) is 0 Å². The highest BCUT2D eigenvalue weighted by atomic mass is 31.2. The molecule has 34 heavy (non-hydrogen) atoms. The first-order valence-corrected chi connectivity index (χ1v) is 12.7. The third-order valence-corrected chi connectivity index (χ3v) is 10.5. The lowest BCUT2D eigenvalue weighted by atomic mass is 10.1. The number of hydrogen-bond acceptors (Lipinski definition) is 1. The standard InChI is InChI=1S/C27H26OP.BF4/c1-22(23-18-20-24(28-2)21-19-23)29(25-12-6-3-7-13-25,26-14-8-4-9-15-26)27-16-10-5-11-17-27;2-1(3,4)5/h3-22H,1-2H3;/q+1;-1. The molecule has 176 valence electrons. The van der Waals surface area contributed by atoms with Crippen molar-refractivity contribution in [1.82, 2.24) is 0 Å². The van der Waals surface area contributed by atoms with Crippen molar-refractivity contribution < 1.29 is 22.0 Å². The molecule has 0 fully saturated rings. The van der Waals surface area contributed by atoms with Gasteiger partial charge in [-0.1, -0.05) is 66.7 Å². The second-order valence-corrected chi connectivity index (χ2v) is 11.4. The molecule has 4 rings (SSSR count). The van der Waals surface area contributed by atoms with Crippen molar-refractivity contribution in [3.63, 3.8) is 0 Å². The fraction of sp³-hybridized carbons (Fsp3) is 0.111. The maximum absolute atomic E-state index is 9.75. The summed E-state index contributed by atoms with van der Waals surface area (Å²) in [6.07, 6.45) is 0. The molecule has 4 aromatic rings. The number of ether oxygens (including phenoxy) is 1. The van der Waals surface area contributed by atoms with Crippen molar-refractivity contribution in [3.8, 4) is 5.75 Å². The van der Waals surface area contributed by atoms with Crippen LogP contribution >= 0.6 is 7.26 Å². The molecule has 0 aliphatic rings. The van der Waals surface area contributed by atoms with Gasteiger partial charge in [0.25, 0.3) is 0 Å². The Labute approximate surface area is 198 Å². The minimum absolute atomic E-state index is 0.320. The van der Waals surface area contributed by atoms with E-state index in [2.05, 4.69) is 122 Å². The first kappa shape index (κ1) is 25.5. The molecule has 0 aliphatic heterocycles. The van der Waals surface area contributed by atoms with Crippen LogP contribution in [0.5, 0.6) is 5.75 Å². The van der Waals surface area contributed by atoms with E-state index in [9.17, 15) is 17.3 Å². The van der Waals surface area contributed by atoms with Crippen molar-refractivity contribution in [3.05, 3.63) is 121 Å². The molecule has 0 bridgehead atoms. The second-order valence-electron chi connectivity index (χ2n) is 7.67. The van der Waals surface area contributed by atoms with Crippen molar-refractivity contribution in [2.45, 2.75) is 12.6 Å². The zero-order chi connectivity index (χ0) is 24.6. The Bertz CT molecular complexity index is 1040.